The minimum absolute atomic E-state index is 0.121. The zero-order chi connectivity index (χ0) is 21.8. The summed E-state index contributed by atoms with van der Waals surface area (Å²) in [4.78, 5) is 13.7. The summed E-state index contributed by atoms with van der Waals surface area (Å²) in [6.45, 7) is 7.09. The number of benzene rings is 3. The molecule has 3 aromatic rings. The number of carboxylic acid groups (broad SMARTS) is 1. The van der Waals surface area contributed by atoms with Crippen LogP contribution in [0.1, 0.15) is 40.9 Å². The molecule has 1 saturated heterocycles. The highest BCUT2D eigenvalue weighted by Crippen LogP contribution is 2.25. The van der Waals surface area contributed by atoms with Crippen molar-refractivity contribution in [3.8, 4) is 0 Å². The molecule has 0 amide bonds. The van der Waals surface area contributed by atoms with Crippen LogP contribution in [0.15, 0.2) is 60.7 Å². The zero-order valence-corrected chi connectivity index (χ0v) is 18.2. The molecule has 4 rings (SSSR count). The SMILES string of the molecule is Cc1ccc(N2CCOC(CCN[C@H](C)c3cccc4ccccc34)C2)cc1C(=O)O. The molecule has 0 saturated carbocycles. The number of rotatable bonds is 7. The molecule has 1 heterocycles. The Labute approximate surface area is 183 Å². The van der Waals surface area contributed by atoms with Gasteiger partial charge in [-0.25, -0.2) is 4.79 Å². The monoisotopic (exact) mass is 418 g/mol. The minimum Gasteiger partial charge on any atom is -0.478 e. The molecule has 3 aromatic carbocycles. The lowest BCUT2D eigenvalue weighted by Crippen LogP contribution is -2.43. The summed E-state index contributed by atoms with van der Waals surface area (Å²) in [6, 6.07) is 20.9. The summed E-state index contributed by atoms with van der Waals surface area (Å²) < 4.78 is 5.99. The van der Waals surface area contributed by atoms with E-state index in [0.29, 0.717) is 12.2 Å². The molecule has 1 fully saturated rings. The number of morpholine rings is 1. The Morgan fingerprint density at radius 1 is 1.19 bits per heavy atom. The fourth-order valence-electron chi connectivity index (χ4n) is 4.36. The molecule has 0 radical (unpaired) electrons. The Kier molecular flexibility index (Phi) is 6.54. The molecule has 0 aliphatic carbocycles. The second-order valence-corrected chi connectivity index (χ2v) is 8.28. The van der Waals surface area contributed by atoms with Gasteiger partial charge in [0.1, 0.15) is 0 Å². The van der Waals surface area contributed by atoms with E-state index in [9.17, 15) is 9.90 Å². The van der Waals surface area contributed by atoms with E-state index < -0.39 is 5.97 Å². The number of hydrogen-bond donors (Lipinski definition) is 2. The molecule has 5 nitrogen and oxygen atoms in total. The van der Waals surface area contributed by atoms with E-state index in [1.807, 2.05) is 19.1 Å². The minimum atomic E-state index is -0.879. The van der Waals surface area contributed by atoms with Gasteiger partial charge in [-0.3, -0.25) is 0 Å². The van der Waals surface area contributed by atoms with Crippen molar-refractivity contribution >= 4 is 22.4 Å². The second kappa shape index (κ2) is 9.50. The van der Waals surface area contributed by atoms with Crippen molar-refractivity contribution < 1.29 is 14.6 Å². The van der Waals surface area contributed by atoms with E-state index in [4.69, 9.17) is 4.74 Å². The van der Waals surface area contributed by atoms with Crippen molar-refractivity contribution in [1.82, 2.24) is 5.32 Å². The topological polar surface area (TPSA) is 61.8 Å². The summed E-state index contributed by atoms with van der Waals surface area (Å²) in [6.07, 6.45) is 1.03. The van der Waals surface area contributed by atoms with Gasteiger partial charge in [-0.05, 0) is 60.8 Å². The van der Waals surface area contributed by atoms with E-state index in [1.54, 1.807) is 6.07 Å². The van der Waals surface area contributed by atoms with Gasteiger partial charge >= 0.3 is 5.97 Å². The highest BCUT2D eigenvalue weighted by atomic mass is 16.5. The molecule has 5 heteroatoms. The molecular weight excluding hydrogens is 388 g/mol. The number of nitrogens with zero attached hydrogens (tertiary/aromatic N) is 1. The average molecular weight is 419 g/mol. The van der Waals surface area contributed by atoms with Crippen LogP contribution in [0.4, 0.5) is 5.69 Å². The lowest BCUT2D eigenvalue weighted by Gasteiger charge is -2.35. The van der Waals surface area contributed by atoms with E-state index >= 15 is 0 Å². The van der Waals surface area contributed by atoms with Gasteiger partial charge in [0, 0.05) is 24.8 Å². The molecule has 1 unspecified atom stereocenters. The van der Waals surface area contributed by atoms with E-state index in [1.165, 1.54) is 16.3 Å². The summed E-state index contributed by atoms with van der Waals surface area (Å²) >= 11 is 0. The molecule has 1 aliphatic rings. The number of hydrogen-bond acceptors (Lipinski definition) is 4. The third-order valence-electron chi connectivity index (χ3n) is 6.16. The van der Waals surface area contributed by atoms with Crippen LogP contribution in [0.25, 0.3) is 10.8 Å². The standard InChI is InChI=1S/C26H30N2O3/c1-18-10-11-21(16-25(18)26(29)30)28-14-15-31-22(17-28)12-13-27-19(2)23-9-5-7-20-6-3-4-8-24(20)23/h3-11,16,19,22,27H,12-15,17H2,1-2H3,(H,29,30)/t19-,22?/m1/s1. The van der Waals surface area contributed by atoms with Crippen molar-refractivity contribution in [3.63, 3.8) is 0 Å². The Balaban J connectivity index is 1.35. The number of ether oxygens (including phenoxy) is 1. The third kappa shape index (κ3) is 4.89. The van der Waals surface area contributed by atoms with Crippen LogP contribution in [0.2, 0.25) is 0 Å². The largest absolute Gasteiger partial charge is 0.478 e. The van der Waals surface area contributed by atoms with E-state index in [-0.39, 0.29) is 12.1 Å². The number of carboxylic acids is 1. The van der Waals surface area contributed by atoms with Crippen LogP contribution in [-0.2, 0) is 4.74 Å². The van der Waals surface area contributed by atoms with Crippen LogP contribution in [-0.4, -0.2) is 43.4 Å². The first-order valence-corrected chi connectivity index (χ1v) is 10.9. The molecule has 0 spiro atoms. The van der Waals surface area contributed by atoms with E-state index in [0.717, 1.165) is 37.3 Å². The van der Waals surface area contributed by atoms with Crippen molar-refractivity contribution in [3.05, 3.63) is 77.4 Å². The molecule has 162 valence electrons. The van der Waals surface area contributed by atoms with Gasteiger partial charge in [0.15, 0.2) is 0 Å². The molecule has 0 aromatic heterocycles. The summed E-state index contributed by atoms with van der Waals surface area (Å²) in [5.74, 6) is -0.879. The second-order valence-electron chi connectivity index (χ2n) is 8.28. The lowest BCUT2D eigenvalue weighted by atomic mass is 9.99. The van der Waals surface area contributed by atoms with E-state index in [2.05, 4.69) is 59.6 Å². The predicted octanol–water partition coefficient (Wildman–Crippen LogP) is 4.79. The number of anilines is 1. The van der Waals surface area contributed by atoms with Gasteiger partial charge in [-0.2, -0.15) is 0 Å². The maximum atomic E-state index is 11.5. The first kappa shape index (κ1) is 21.3. The van der Waals surface area contributed by atoms with Crippen LogP contribution in [0.5, 0.6) is 0 Å². The zero-order valence-electron chi connectivity index (χ0n) is 18.2. The quantitative estimate of drug-likeness (QED) is 0.578. The first-order chi connectivity index (χ1) is 15.0. The summed E-state index contributed by atoms with van der Waals surface area (Å²) in [5, 5.41) is 15.6. The molecule has 2 N–H and O–H groups in total. The van der Waals surface area contributed by atoms with Crippen molar-refractivity contribution in [1.29, 1.82) is 0 Å². The van der Waals surface area contributed by atoms with Gasteiger partial charge in [-0.1, -0.05) is 48.5 Å². The fraction of sp³-hybridized carbons (Fsp3) is 0.346. The van der Waals surface area contributed by atoms with Crippen LogP contribution in [0.3, 0.4) is 0 Å². The predicted molar refractivity (Wildman–Crippen MR) is 125 cm³/mol. The maximum absolute atomic E-state index is 11.5. The Bertz CT molecular complexity index is 1060. The molecule has 0 bridgehead atoms. The highest BCUT2D eigenvalue weighted by Gasteiger charge is 2.22. The van der Waals surface area contributed by atoms with Gasteiger partial charge in [0.25, 0.3) is 0 Å². The van der Waals surface area contributed by atoms with Gasteiger partial charge in [0.05, 0.1) is 18.3 Å². The van der Waals surface area contributed by atoms with Crippen LogP contribution >= 0.6 is 0 Å². The number of nitrogens with one attached hydrogen (secondary N) is 1. The molecule has 2 atom stereocenters. The number of aryl methyl sites for hydroxylation is 1. The van der Waals surface area contributed by atoms with Crippen LogP contribution in [0, 0.1) is 6.92 Å². The van der Waals surface area contributed by atoms with Crippen molar-refractivity contribution in [2.45, 2.75) is 32.4 Å². The number of carbonyl (C=O) groups is 1. The summed E-state index contributed by atoms with van der Waals surface area (Å²) in [5.41, 5.74) is 3.41. The van der Waals surface area contributed by atoms with Gasteiger partial charge in [-0.15, -0.1) is 0 Å². The number of fused-ring (bicyclic) bond motifs is 1. The first-order valence-electron chi connectivity index (χ1n) is 10.9. The lowest BCUT2D eigenvalue weighted by molar-refractivity contribution is 0.0351. The summed E-state index contributed by atoms with van der Waals surface area (Å²) in [7, 11) is 0. The Morgan fingerprint density at radius 2 is 2.00 bits per heavy atom. The molecular formula is C26H30N2O3. The van der Waals surface area contributed by atoms with Crippen LogP contribution < -0.4 is 10.2 Å². The molecule has 31 heavy (non-hydrogen) atoms. The Morgan fingerprint density at radius 3 is 2.84 bits per heavy atom. The fourth-order valence-corrected chi connectivity index (χ4v) is 4.36. The maximum Gasteiger partial charge on any atom is 0.336 e. The van der Waals surface area contributed by atoms with Gasteiger partial charge in [0.2, 0.25) is 0 Å². The highest BCUT2D eigenvalue weighted by molar-refractivity contribution is 5.90. The van der Waals surface area contributed by atoms with Crippen molar-refractivity contribution in [2.24, 2.45) is 0 Å². The smallest absolute Gasteiger partial charge is 0.336 e. The average Bonchev–Trinajstić information content (AvgIpc) is 2.79. The third-order valence-corrected chi connectivity index (χ3v) is 6.16. The molecule has 1 aliphatic heterocycles. The normalized spacial score (nSPS) is 17.6. The number of aromatic carboxylic acids is 1. The Hall–Kier alpha value is -2.89. The van der Waals surface area contributed by atoms with Crippen molar-refractivity contribution in [2.75, 3.05) is 31.1 Å². The van der Waals surface area contributed by atoms with Gasteiger partial charge < -0.3 is 20.1 Å².